The highest BCUT2D eigenvalue weighted by Crippen LogP contribution is 2.20. The number of hydrogen-bond donors (Lipinski definition) is 1. The molecule has 1 amide bonds. The zero-order valence-corrected chi connectivity index (χ0v) is 10.4. The zero-order chi connectivity index (χ0) is 12.4. The van der Waals surface area contributed by atoms with Gasteiger partial charge >= 0.3 is 5.97 Å². The molecule has 0 spiro atoms. The van der Waals surface area contributed by atoms with E-state index >= 15 is 0 Å². The van der Waals surface area contributed by atoms with Crippen molar-refractivity contribution in [3.63, 3.8) is 0 Å². The van der Waals surface area contributed by atoms with E-state index in [2.05, 4.69) is 4.98 Å². The van der Waals surface area contributed by atoms with Crippen molar-refractivity contribution in [2.45, 2.75) is 19.8 Å². The first-order chi connectivity index (χ1) is 8.08. The van der Waals surface area contributed by atoms with E-state index in [1.807, 2.05) is 6.92 Å². The average Bonchev–Trinajstić information content (AvgIpc) is 2.82. The van der Waals surface area contributed by atoms with E-state index in [4.69, 9.17) is 5.11 Å². The summed E-state index contributed by atoms with van der Waals surface area (Å²) >= 11 is 1.58. The van der Waals surface area contributed by atoms with Gasteiger partial charge in [0.2, 0.25) is 5.91 Å². The Morgan fingerprint density at radius 3 is 3.00 bits per heavy atom. The number of thiazole rings is 1. The molecular weight excluding hydrogens is 240 g/mol. The summed E-state index contributed by atoms with van der Waals surface area (Å²) in [5.74, 6) is -1.47. The fourth-order valence-corrected chi connectivity index (χ4v) is 2.73. The Morgan fingerprint density at radius 1 is 1.71 bits per heavy atom. The van der Waals surface area contributed by atoms with Crippen LogP contribution in [0.15, 0.2) is 5.51 Å². The Kier molecular flexibility index (Phi) is 3.42. The van der Waals surface area contributed by atoms with Crippen molar-refractivity contribution in [2.75, 3.05) is 13.1 Å². The predicted molar refractivity (Wildman–Crippen MR) is 62.9 cm³/mol. The monoisotopic (exact) mass is 254 g/mol. The third-order valence-corrected chi connectivity index (χ3v) is 4.01. The Balaban J connectivity index is 1.90. The molecular formula is C11H14N2O3S. The molecule has 1 atom stereocenters. The van der Waals surface area contributed by atoms with Gasteiger partial charge in [-0.1, -0.05) is 0 Å². The molecule has 0 aromatic carbocycles. The molecule has 17 heavy (non-hydrogen) atoms. The lowest BCUT2D eigenvalue weighted by molar-refractivity contribution is -0.141. The second kappa shape index (κ2) is 4.83. The quantitative estimate of drug-likeness (QED) is 0.867. The minimum Gasteiger partial charge on any atom is -0.481 e. The van der Waals surface area contributed by atoms with E-state index in [-0.39, 0.29) is 12.3 Å². The highest BCUT2D eigenvalue weighted by molar-refractivity contribution is 7.09. The summed E-state index contributed by atoms with van der Waals surface area (Å²) in [6.07, 6.45) is 0.894. The number of nitrogens with zero attached hydrogens (tertiary/aromatic N) is 2. The maximum Gasteiger partial charge on any atom is 0.308 e. The maximum absolute atomic E-state index is 11.6. The SMILES string of the molecule is Cc1ncsc1CCN1CC(C(=O)O)CC1=O. The largest absolute Gasteiger partial charge is 0.481 e. The standard InChI is InChI=1S/C11H14N2O3S/c1-7-9(17-6-12-7)2-3-13-5-8(11(15)16)4-10(13)14/h6,8H,2-5H2,1H3,(H,15,16). The first kappa shape index (κ1) is 12.0. The van der Waals surface area contributed by atoms with Crippen LogP contribution in [-0.2, 0) is 16.0 Å². The van der Waals surface area contributed by atoms with E-state index < -0.39 is 11.9 Å². The van der Waals surface area contributed by atoms with Crippen LogP contribution in [-0.4, -0.2) is 40.0 Å². The number of amides is 1. The molecule has 1 unspecified atom stereocenters. The lowest BCUT2D eigenvalue weighted by Gasteiger charge is -2.15. The minimum absolute atomic E-state index is 0.0560. The topological polar surface area (TPSA) is 70.5 Å². The van der Waals surface area contributed by atoms with Gasteiger partial charge in [-0.3, -0.25) is 9.59 Å². The number of carbonyl (C=O) groups is 2. The van der Waals surface area contributed by atoms with Gasteiger partial charge in [-0.2, -0.15) is 0 Å². The van der Waals surface area contributed by atoms with E-state index in [9.17, 15) is 9.59 Å². The molecule has 1 aliphatic heterocycles. The number of likely N-dealkylation sites (tertiary alicyclic amines) is 1. The maximum atomic E-state index is 11.6. The number of aromatic nitrogens is 1. The molecule has 0 saturated carbocycles. The van der Waals surface area contributed by atoms with E-state index in [0.717, 1.165) is 17.0 Å². The van der Waals surface area contributed by atoms with Crippen molar-refractivity contribution < 1.29 is 14.7 Å². The Labute approximate surface area is 103 Å². The fourth-order valence-electron chi connectivity index (χ4n) is 1.96. The zero-order valence-electron chi connectivity index (χ0n) is 9.55. The number of hydrogen-bond acceptors (Lipinski definition) is 4. The van der Waals surface area contributed by atoms with Gasteiger partial charge in [0.1, 0.15) is 0 Å². The molecule has 1 aliphatic rings. The molecule has 1 N–H and O–H groups in total. The second-order valence-electron chi connectivity index (χ2n) is 4.19. The molecule has 92 valence electrons. The van der Waals surface area contributed by atoms with Crippen LogP contribution in [0.2, 0.25) is 0 Å². The minimum atomic E-state index is -0.880. The summed E-state index contributed by atoms with van der Waals surface area (Å²) < 4.78 is 0. The van der Waals surface area contributed by atoms with Crippen LogP contribution >= 0.6 is 11.3 Å². The number of carboxylic acid groups (broad SMARTS) is 1. The van der Waals surface area contributed by atoms with Gasteiger partial charge in [0.15, 0.2) is 0 Å². The first-order valence-electron chi connectivity index (χ1n) is 5.47. The number of aliphatic carboxylic acids is 1. The third kappa shape index (κ3) is 2.63. The van der Waals surface area contributed by atoms with E-state index in [1.165, 1.54) is 0 Å². The number of aryl methyl sites for hydroxylation is 1. The number of rotatable bonds is 4. The van der Waals surface area contributed by atoms with Crippen LogP contribution in [0.3, 0.4) is 0 Å². The molecule has 1 aromatic rings. The smallest absolute Gasteiger partial charge is 0.308 e. The molecule has 2 rings (SSSR count). The molecule has 6 heteroatoms. The summed E-state index contributed by atoms with van der Waals surface area (Å²) in [4.78, 5) is 29.3. The van der Waals surface area contributed by atoms with Crippen LogP contribution in [0.4, 0.5) is 0 Å². The van der Waals surface area contributed by atoms with Crippen molar-refractivity contribution in [2.24, 2.45) is 5.92 Å². The van der Waals surface area contributed by atoms with Crippen LogP contribution < -0.4 is 0 Å². The van der Waals surface area contributed by atoms with E-state index in [0.29, 0.717) is 13.1 Å². The van der Waals surface area contributed by atoms with E-state index in [1.54, 1.807) is 21.7 Å². The summed E-state index contributed by atoms with van der Waals surface area (Å²) in [5, 5.41) is 8.86. The lowest BCUT2D eigenvalue weighted by Crippen LogP contribution is -2.28. The molecule has 5 nitrogen and oxygen atoms in total. The Bertz CT molecular complexity index is 444. The number of carbonyl (C=O) groups excluding carboxylic acids is 1. The summed E-state index contributed by atoms with van der Waals surface area (Å²) in [6, 6.07) is 0. The van der Waals surface area contributed by atoms with Gasteiger partial charge in [0.05, 0.1) is 17.1 Å². The summed E-state index contributed by atoms with van der Waals surface area (Å²) in [5.41, 5.74) is 2.78. The fraction of sp³-hybridized carbons (Fsp3) is 0.545. The van der Waals surface area contributed by atoms with Crippen LogP contribution in [0, 0.1) is 12.8 Å². The van der Waals surface area contributed by atoms with Gasteiger partial charge in [-0.25, -0.2) is 4.98 Å². The van der Waals surface area contributed by atoms with Crippen LogP contribution in [0.25, 0.3) is 0 Å². The predicted octanol–water partition coefficient (Wildman–Crippen LogP) is 0.927. The van der Waals surface area contributed by atoms with Crippen molar-refractivity contribution in [3.05, 3.63) is 16.1 Å². The average molecular weight is 254 g/mol. The van der Waals surface area contributed by atoms with Crippen LogP contribution in [0.1, 0.15) is 17.0 Å². The van der Waals surface area contributed by atoms with Gasteiger partial charge in [-0.15, -0.1) is 11.3 Å². The van der Waals surface area contributed by atoms with Crippen LogP contribution in [0.5, 0.6) is 0 Å². The summed E-state index contributed by atoms with van der Waals surface area (Å²) in [7, 11) is 0. The van der Waals surface area contributed by atoms with Gasteiger partial charge in [0.25, 0.3) is 0 Å². The molecule has 1 fully saturated rings. The lowest BCUT2D eigenvalue weighted by atomic mass is 10.1. The molecule has 1 aromatic heterocycles. The first-order valence-corrected chi connectivity index (χ1v) is 6.35. The molecule has 1 saturated heterocycles. The van der Waals surface area contributed by atoms with Gasteiger partial charge in [0, 0.05) is 30.8 Å². The van der Waals surface area contributed by atoms with Crippen molar-refractivity contribution in [3.8, 4) is 0 Å². The second-order valence-corrected chi connectivity index (χ2v) is 5.13. The molecule has 0 bridgehead atoms. The molecule has 0 aliphatic carbocycles. The molecule has 2 heterocycles. The van der Waals surface area contributed by atoms with Gasteiger partial charge in [-0.05, 0) is 6.92 Å². The third-order valence-electron chi connectivity index (χ3n) is 3.02. The summed E-state index contributed by atoms with van der Waals surface area (Å²) in [6.45, 7) is 2.87. The van der Waals surface area contributed by atoms with Crippen molar-refractivity contribution in [1.82, 2.24) is 9.88 Å². The van der Waals surface area contributed by atoms with Crippen molar-refractivity contribution in [1.29, 1.82) is 0 Å². The highest BCUT2D eigenvalue weighted by Gasteiger charge is 2.33. The highest BCUT2D eigenvalue weighted by atomic mass is 32.1. The molecule has 0 radical (unpaired) electrons. The van der Waals surface area contributed by atoms with Crippen molar-refractivity contribution >= 4 is 23.2 Å². The van der Waals surface area contributed by atoms with Gasteiger partial charge < -0.3 is 10.0 Å². The Hall–Kier alpha value is -1.43. The number of carboxylic acids is 1. The Morgan fingerprint density at radius 2 is 2.47 bits per heavy atom. The normalized spacial score (nSPS) is 19.9.